The van der Waals surface area contributed by atoms with Crippen LogP contribution in [0, 0.1) is 0 Å². The molecule has 0 aliphatic carbocycles. The van der Waals surface area contributed by atoms with Crippen LogP contribution in [-0.2, 0) is 16.0 Å². The Morgan fingerprint density at radius 2 is 1.92 bits per heavy atom. The van der Waals surface area contributed by atoms with Crippen LogP contribution in [0.2, 0.25) is 5.02 Å². The molecule has 2 aliphatic heterocycles. The number of carbonyl (C=O) groups excluding carboxylic acids is 2. The maximum absolute atomic E-state index is 12.7. The number of rotatable bonds is 2. The van der Waals surface area contributed by atoms with Gasteiger partial charge in [0.25, 0.3) is 0 Å². The minimum absolute atomic E-state index is 0.0156. The molecule has 0 spiro atoms. The number of ether oxygens (including phenoxy) is 1. The molecule has 0 unspecified atom stereocenters. The van der Waals surface area contributed by atoms with Crippen LogP contribution in [0.4, 0.5) is 4.79 Å². The number of piperazine rings is 1. The predicted octanol–water partition coefficient (Wildman–Crippen LogP) is 3.15. The van der Waals surface area contributed by atoms with Crippen LogP contribution in [0.3, 0.4) is 0 Å². The average Bonchev–Trinajstić information content (AvgIpc) is 2.86. The summed E-state index contributed by atoms with van der Waals surface area (Å²) >= 11 is 5.96. The highest BCUT2D eigenvalue weighted by Crippen LogP contribution is 2.26. The second kappa shape index (κ2) is 6.96. The van der Waals surface area contributed by atoms with Crippen molar-refractivity contribution in [3.05, 3.63) is 34.9 Å². The summed E-state index contributed by atoms with van der Waals surface area (Å²) in [5.74, 6) is 0.251. The van der Waals surface area contributed by atoms with E-state index in [0.29, 0.717) is 37.5 Å². The molecule has 136 valence electrons. The van der Waals surface area contributed by atoms with Crippen molar-refractivity contribution in [2.45, 2.75) is 51.3 Å². The number of amides is 1. The van der Waals surface area contributed by atoms with Crippen molar-refractivity contribution in [1.82, 2.24) is 9.80 Å². The van der Waals surface area contributed by atoms with E-state index < -0.39 is 5.60 Å². The fraction of sp³-hybridized carbons (Fsp3) is 0.579. The highest BCUT2D eigenvalue weighted by molar-refractivity contribution is 6.30. The van der Waals surface area contributed by atoms with E-state index in [1.807, 2.05) is 45.0 Å². The van der Waals surface area contributed by atoms with Crippen LogP contribution < -0.4 is 0 Å². The molecule has 0 saturated carbocycles. The van der Waals surface area contributed by atoms with Gasteiger partial charge in [-0.15, -0.1) is 0 Å². The average molecular weight is 365 g/mol. The van der Waals surface area contributed by atoms with Crippen molar-refractivity contribution in [1.29, 1.82) is 0 Å². The van der Waals surface area contributed by atoms with Crippen LogP contribution >= 0.6 is 11.6 Å². The first-order chi connectivity index (χ1) is 11.7. The van der Waals surface area contributed by atoms with Crippen molar-refractivity contribution in [2.24, 2.45) is 0 Å². The topological polar surface area (TPSA) is 49.9 Å². The van der Waals surface area contributed by atoms with Gasteiger partial charge in [0.2, 0.25) is 0 Å². The Morgan fingerprint density at radius 1 is 1.24 bits per heavy atom. The highest BCUT2D eigenvalue weighted by Gasteiger charge is 2.42. The molecule has 1 amide bonds. The van der Waals surface area contributed by atoms with Crippen molar-refractivity contribution in [2.75, 3.05) is 19.6 Å². The minimum atomic E-state index is -0.537. The molecule has 0 N–H and O–H groups in total. The van der Waals surface area contributed by atoms with Gasteiger partial charge in [0.15, 0.2) is 0 Å². The van der Waals surface area contributed by atoms with Crippen LogP contribution in [0.5, 0.6) is 0 Å². The second-order valence-electron chi connectivity index (χ2n) is 7.94. The summed E-state index contributed by atoms with van der Waals surface area (Å²) in [6, 6.07) is 7.78. The van der Waals surface area contributed by atoms with Gasteiger partial charge in [0.05, 0.1) is 12.6 Å². The van der Waals surface area contributed by atoms with E-state index >= 15 is 0 Å². The number of ketones is 1. The summed E-state index contributed by atoms with van der Waals surface area (Å²) in [6.07, 6.45) is 0.936. The first-order valence-electron chi connectivity index (χ1n) is 8.71. The highest BCUT2D eigenvalue weighted by atomic mass is 35.5. The summed E-state index contributed by atoms with van der Waals surface area (Å²) in [5, 5.41) is 0.696. The van der Waals surface area contributed by atoms with Crippen molar-refractivity contribution in [3.63, 3.8) is 0 Å². The molecule has 6 heteroatoms. The fourth-order valence-electron chi connectivity index (χ4n) is 3.56. The van der Waals surface area contributed by atoms with Gasteiger partial charge >= 0.3 is 6.09 Å². The molecular formula is C19H25ClN2O3. The Bertz CT molecular complexity index is 654. The summed E-state index contributed by atoms with van der Waals surface area (Å²) in [5.41, 5.74) is 0.580. The van der Waals surface area contributed by atoms with Gasteiger partial charge < -0.3 is 9.64 Å². The van der Waals surface area contributed by atoms with Crippen molar-refractivity contribution >= 4 is 23.5 Å². The second-order valence-corrected chi connectivity index (χ2v) is 8.38. The summed E-state index contributed by atoms with van der Waals surface area (Å²) < 4.78 is 5.60. The van der Waals surface area contributed by atoms with Gasteiger partial charge in [-0.1, -0.05) is 23.7 Å². The van der Waals surface area contributed by atoms with Gasteiger partial charge in [-0.25, -0.2) is 4.79 Å². The van der Waals surface area contributed by atoms with E-state index in [1.165, 1.54) is 0 Å². The molecule has 1 aromatic carbocycles. The molecule has 2 saturated heterocycles. The summed E-state index contributed by atoms with van der Waals surface area (Å²) in [6.45, 7) is 7.33. The van der Waals surface area contributed by atoms with E-state index in [1.54, 1.807) is 4.90 Å². The first-order valence-corrected chi connectivity index (χ1v) is 9.09. The SMILES string of the molecule is CC(C)(C)OC(=O)N1C[C@@H]2CC(=O)CN2C[C@@H]1Cc1ccc(Cl)cc1. The molecule has 0 aromatic heterocycles. The lowest BCUT2D eigenvalue weighted by Gasteiger charge is -2.43. The zero-order valence-corrected chi connectivity index (χ0v) is 15.8. The quantitative estimate of drug-likeness (QED) is 0.809. The Labute approximate surface area is 153 Å². The molecule has 1 aromatic rings. The van der Waals surface area contributed by atoms with Gasteiger partial charge in [-0.3, -0.25) is 9.69 Å². The molecular weight excluding hydrogens is 340 g/mol. The minimum Gasteiger partial charge on any atom is -0.444 e. The van der Waals surface area contributed by atoms with Crippen molar-refractivity contribution in [3.8, 4) is 0 Å². The number of fused-ring (bicyclic) bond motifs is 1. The lowest BCUT2D eigenvalue weighted by Crippen LogP contribution is -2.59. The number of hydrogen-bond donors (Lipinski definition) is 0. The fourth-order valence-corrected chi connectivity index (χ4v) is 3.69. The Morgan fingerprint density at radius 3 is 2.56 bits per heavy atom. The van der Waals surface area contributed by atoms with E-state index in [2.05, 4.69) is 4.90 Å². The largest absolute Gasteiger partial charge is 0.444 e. The Balaban J connectivity index is 1.78. The Kier molecular flexibility index (Phi) is 5.07. The molecule has 2 atom stereocenters. The third kappa shape index (κ3) is 4.53. The summed E-state index contributed by atoms with van der Waals surface area (Å²) in [4.78, 5) is 28.5. The maximum atomic E-state index is 12.7. The van der Waals surface area contributed by atoms with Crippen LogP contribution in [-0.4, -0.2) is 59.0 Å². The molecule has 2 aliphatic rings. The van der Waals surface area contributed by atoms with E-state index in [0.717, 1.165) is 5.56 Å². The number of carbonyl (C=O) groups is 2. The van der Waals surface area contributed by atoms with Crippen molar-refractivity contribution < 1.29 is 14.3 Å². The molecule has 2 heterocycles. The summed E-state index contributed by atoms with van der Waals surface area (Å²) in [7, 11) is 0. The Hall–Kier alpha value is -1.59. The number of halogens is 1. The standard InChI is InChI=1S/C19H25ClN2O3/c1-19(2,3)25-18(24)22-11-15-9-17(23)12-21(15)10-16(22)8-13-4-6-14(20)7-5-13/h4-7,15-16H,8-12H2,1-3H3/t15-,16-/m0/s1. The van der Waals surface area contributed by atoms with E-state index in [-0.39, 0.29) is 24.0 Å². The van der Waals surface area contributed by atoms with Crippen LogP contribution in [0.1, 0.15) is 32.8 Å². The van der Waals surface area contributed by atoms with E-state index in [4.69, 9.17) is 16.3 Å². The lowest BCUT2D eigenvalue weighted by atomic mass is 10.0. The zero-order chi connectivity index (χ0) is 18.2. The molecule has 2 fully saturated rings. The number of Topliss-reactive ketones (excluding diaryl/α,β-unsaturated/α-hetero) is 1. The third-order valence-corrected chi connectivity index (χ3v) is 4.92. The zero-order valence-electron chi connectivity index (χ0n) is 15.0. The molecule has 5 nitrogen and oxygen atoms in total. The first kappa shape index (κ1) is 18.2. The lowest BCUT2D eigenvalue weighted by molar-refractivity contribution is -0.116. The molecule has 0 bridgehead atoms. The molecule has 3 rings (SSSR count). The smallest absolute Gasteiger partial charge is 0.410 e. The predicted molar refractivity (Wildman–Crippen MR) is 96.9 cm³/mol. The molecule has 25 heavy (non-hydrogen) atoms. The number of nitrogens with zero attached hydrogens (tertiary/aromatic N) is 2. The maximum Gasteiger partial charge on any atom is 0.410 e. The number of hydrogen-bond acceptors (Lipinski definition) is 4. The van der Waals surface area contributed by atoms with Gasteiger partial charge in [-0.05, 0) is 44.9 Å². The van der Waals surface area contributed by atoms with Crippen LogP contribution in [0.25, 0.3) is 0 Å². The van der Waals surface area contributed by atoms with Crippen LogP contribution in [0.15, 0.2) is 24.3 Å². The third-order valence-electron chi connectivity index (χ3n) is 4.67. The van der Waals surface area contributed by atoms with E-state index in [9.17, 15) is 9.59 Å². The van der Waals surface area contributed by atoms with Gasteiger partial charge in [0.1, 0.15) is 11.4 Å². The number of benzene rings is 1. The van der Waals surface area contributed by atoms with Gasteiger partial charge in [0, 0.05) is 30.6 Å². The normalized spacial score (nSPS) is 24.3. The monoisotopic (exact) mass is 364 g/mol. The van der Waals surface area contributed by atoms with Gasteiger partial charge in [-0.2, -0.15) is 0 Å². The molecule has 0 radical (unpaired) electrons.